The van der Waals surface area contributed by atoms with E-state index in [0.29, 0.717) is 0 Å². The molecule has 0 aromatic heterocycles. The molecule has 1 aromatic rings. The van der Waals surface area contributed by atoms with E-state index in [-0.39, 0.29) is 11.0 Å². The normalized spacial score (nSPS) is 16.8. The standard InChI is InChI=1S/C7H8O3S.C6H12O/c1-6-2-4-7(5-3-6)11(8,9)10;7-6-4-2-1-3-5-6/h2-5H,1H3,(H,8,9,10);6-7H,1-5H2. The van der Waals surface area contributed by atoms with Gasteiger partial charge in [0.2, 0.25) is 0 Å². The molecule has 0 bridgehead atoms. The molecule has 1 aromatic carbocycles. The molecule has 0 spiro atoms. The molecule has 5 heteroatoms. The van der Waals surface area contributed by atoms with Crippen molar-refractivity contribution in [3.8, 4) is 0 Å². The number of rotatable bonds is 1. The lowest BCUT2D eigenvalue weighted by Crippen LogP contribution is -2.09. The van der Waals surface area contributed by atoms with E-state index in [1.54, 1.807) is 12.1 Å². The van der Waals surface area contributed by atoms with Gasteiger partial charge in [-0.2, -0.15) is 8.42 Å². The fourth-order valence-corrected chi connectivity index (χ4v) is 2.27. The minimum Gasteiger partial charge on any atom is -0.393 e. The predicted molar refractivity (Wildman–Crippen MR) is 70.1 cm³/mol. The third-order valence-corrected chi connectivity index (χ3v) is 3.76. The third-order valence-electron chi connectivity index (χ3n) is 2.89. The van der Waals surface area contributed by atoms with Crippen LogP contribution in [0, 0.1) is 6.92 Å². The SMILES string of the molecule is Cc1ccc(S(=O)(=O)O)cc1.OC1CCCCC1. The van der Waals surface area contributed by atoms with Crippen LogP contribution < -0.4 is 0 Å². The van der Waals surface area contributed by atoms with Crippen LogP contribution in [0.5, 0.6) is 0 Å². The Balaban J connectivity index is 0.000000199. The molecule has 0 saturated heterocycles. The maximum Gasteiger partial charge on any atom is 0.294 e. The second-order valence-electron chi connectivity index (χ2n) is 4.58. The quantitative estimate of drug-likeness (QED) is 0.770. The van der Waals surface area contributed by atoms with Gasteiger partial charge in [0.25, 0.3) is 10.1 Å². The van der Waals surface area contributed by atoms with Crippen molar-refractivity contribution in [2.24, 2.45) is 0 Å². The first-order valence-electron chi connectivity index (χ1n) is 6.12. The van der Waals surface area contributed by atoms with Crippen LogP contribution in [0.25, 0.3) is 0 Å². The van der Waals surface area contributed by atoms with Crippen molar-refractivity contribution < 1.29 is 18.1 Å². The fraction of sp³-hybridized carbons (Fsp3) is 0.538. The molecule has 2 N–H and O–H groups in total. The number of hydrogen-bond acceptors (Lipinski definition) is 3. The van der Waals surface area contributed by atoms with Crippen LogP contribution >= 0.6 is 0 Å². The van der Waals surface area contributed by atoms with E-state index < -0.39 is 10.1 Å². The molecule has 0 amide bonds. The van der Waals surface area contributed by atoms with E-state index in [1.165, 1.54) is 31.4 Å². The van der Waals surface area contributed by atoms with Gasteiger partial charge in [0.05, 0.1) is 11.0 Å². The van der Waals surface area contributed by atoms with Crippen molar-refractivity contribution in [3.63, 3.8) is 0 Å². The highest BCUT2D eigenvalue weighted by Gasteiger charge is 2.08. The van der Waals surface area contributed by atoms with Crippen LogP contribution in [0.3, 0.4) is 0 Å². The fourth-order valence-electron chi connectivity index (χ4n) is 1.79. The molecule has 1 aliphatic carbocycles. The molecular formula is C13H20O4S. The first-order valence-corrected chi connectivity index (χ1v) is 7.56. The van der Waals surface area contributed by atoms with Crippen molar-refractivity contribution in [1.29, 1.82) is 0 Å². The minimum absolute atomic E-state index is 0.0359. The molecule has 0 unspecified atom stereocenters. The van der Waals surface area contributed by atoms with Gasteiger partial charge in [0.1, 0.15) is 0 Å². The Morgan fingerprint density at radius 3 is 1.89 bits per heavy atom. The summed E-state index contributed by atoms with van der Waals surface area (Å²) in [7, 11) is -4.02. The molecule has 0 aliphatic heterocycles. The van der Waals surface area contributed by atoms with E-state index in [9.17, 15) is 8.42 Å². The Bertz CT molecular complexity index is 444. The lowest BCUT2D eigenvalue weighted by Gasteiger charge is -2.14. The average Bonchev–Trinajstić information content (AvgIpc) is 2.30. The van der Waals surface area contributed by atoms with Crippen molar-refractivity contribution in [1.82, 2.24) is 0 Å². The zero-order valence-corrected chi connectivity index (χ0v) is 11.4. The third kappa shape index (κ3) is 5.62. The van der Waals surface area contributed by atoms with Crippen LogP contribution in [0.4, 0.5) is 0 Å². The zero-order valence-electron chi connectivity index (χ0n) is 10.5. The average molecular weight is 272 g/mol. The summed E-state index contributed by atoms with van der Waals surface area (Å²) in [5.41, 5.74) is 0.956. The van der Waals surface area contributed by atoms with Gasteiger partial charge >= 0.3 is 0 Å². The summed E-state index contributed by atoms with van der Waals surface area (Å²) in [6, 6.07) is 5.99. The number of aliphatic hydroxyl groups is 1. The number of aliphatic hydroxyl groups excluding tert-OH is 1. The summed E-state index contributed by atoms with van der Waals surface area (Å²) in [4.78, 5) is -0.0666. The van der Waals surface area contributed by atoms with Crippen molar-refractivity contribution in [2.75, 3.05) is 0 Å². The van der Waals surface area contributed by atoms with Gasteiger partial charge in [-0.05, 0) is 31.9 Å². The second kappa shape index (κ2) is 6.87. The molecule has 1 aliphatic rings. The van der Waals surface area contributed by atoms with Gasteiger partial charge in [0.15, 0.2) is 0 Å². The summed E-state index contributed by atoms with van der Waals surface area (Å²) in [6.45, 7) is 1.84. The first kappa shape index (κ1) is 15.1. The van der Waals surface area contributed by atoms with Crippen LogP contribution in [-0.2, 0) is 10.1 Å². The van der Waals surface area contributed by atoms with Gasteiger partial charge in [-0.25, -0.2) is 0 Å². The maximum absolute atomic E-state index is 10.5. The Kier molecular flexibility index (Phi) is 5.78. The Labute approximate surface area is 108 Å². The Hall–Kier alpha value is -0.910. The van der Waals surface area contributed by atoms with E-state index >= 15 is 0 Å². The number of aryl methyl sites for hydroxylation is 1. The number of hydrogen-bond donors (Lipinski definition) is 2. The first-order chi connectivity index (χ1) is 8.39. The lowest BCUT2D eigenvalue weighted by atomic mass is 9.98. The molecule has 18 heavy (non-hydrogen) atoms. The largest absolute Gasteiger partial charge is 0.393 e. The molecule has 0 heterocycles. The van der Waals surface area contributed by atoms with Crippen molar-refractivity contribution in [2.45, 2.75) is 50.0 Å². The van der Waals surface area contributed by atoms with Gasteiger partial charge in [-0.15, -0.1) is 0 Å². The smallest absolute Gasteiger partial charge is 0.294 e. The summed E-state index contributed by atoms with van der Waals surface area (Å²) in [6.07, 6.45) is 5.92. The highest BCUT2D eigenvalue weighted by atomic mass is 32.2. The van der Waals surface area contributed by atoms with Crippen LogP contribution in [-0.4, -0.2) is 24.2 Å². The monoisotopic (exact) mass is 272 g/mol. The van der Waals surface area contributed by atoms with Crippen LogP contribution in [0.1, 0.15) is 37.7 Å². The summed E-state index contributed by atoms with van der Waals surface area (Å²) >= 11 is 0. The van der Waals surface area contributed by atoms with Crippen molar-refractivity contribution >= 4 is 10.1 Å². The molecule has 4 nitrogen and oxygen atoms in total. The molecule has 102 valence electrons. The topological polar surface area (TPSA) is 74.6 Å². The molecular weight excluding hydrogens is 252 g/mol. The van der Waals surface area contributed by atoms with E-state index in [0.717, 1.165) is 18.4 Å². The zero-order chi connectivity index (χ0) is 13.6. The van der Waals surface area contributed by atoms with Gasteiger partial charge in [-0.1, -0.05) is 37.0 Å². The molecule has 2 rings (SSSR count). The van der Waals surface area contributed by atoms with Gasteiger partial charge < -0.3 is 5.11 Å². The van der Waals surface area contributed by atoms with E-state index in [4.69, 9.17) is 9.66 Å². The summed E-state index contributed by atoms with van der Waals surface area (Å²) in [5.74, 6) is 0. The molecule has 1 saturated carbocycles. The van der Waals surface area contributed by atoms with Crippen molar-refractivity contribution in [3.05, 3.63) is 29.8 Å². The molecule has 0 atom stereocenters. The second-order valence-corrected chi connectivity index (χ2v) is 6.00. The highest BCUT2D eigenvalue weighted by Crippen LogP contribution is 2.16. The lowest BCUT2D eigenvalue weighted by molar-refractivity contribution is 0.130. The summed E-state index contributed by atoms with van der Waals surface area (Å²) < 4.78 is 29.6. The van der Waals surface area contributed by atoms with Gasteiger partial charge in [0, 0.05) is 0 Å². The minimum atomic E-state index is -4.02. The highest BCUT2D eigenvalue weighted by molar-refractivity contribution is 7.85. The van der Waals surface area contributed by atoms with Gasteiger partial charge in [-0.3, -0.25) is 4.55 Å². The van der Waals surface area contributed by atoms with Crippen LogP contribution in [0.2, 0.25) is 0 Å². The summed E-state index contributed by atoms with van der Waals surface area (Å²) in [5, 5.41) is 8.91. The van der Waals surface area contributed by atoms with E-state index in [1.807, 2.05) is 6.92 Å². The number of benzene rings is 1. The molecule has 0 radical (unpaired) electrons. The maximum atomic E-state index is 10.5. The Morgan fingerprint density at radius 1 is 1.06 bits per heavy atom. The Morgan fingerprint density at radius 2 is 1.56 bits per heavy atom. The predicted octanol–water partition coefficient (Wildman–Crippen LogP) is 2.55. The van der Waals surface area contributed by atoms with E-state index in [2.05, 4.69) is 0 Å². The molecule has 1 fully saturated rings. The van der Waals surface area contributed by atoms with Crippen LogP contribution in [0.15, 0.2) is 29.2 Å².